The second-order valence-corrected chi connectivity index (χ2v) is 5.46. The maximum absolute atomic E-state index is 6.00. The van der Waals surface area contributed by atoms with Crippen molar-refractivity contribution in [1.82, 2.24) is 4.98 Å². The normalized spacial score (nSPS) is 10.8. The Bertz CT molecular complexity index is 756. The molecular formula is C14H10BrClN2O2. The smallest absolute Gasteiger partial charge is 0.300 e. The van der Waals surface area contributed by atoms with E-state index in [1.807, 2.05) is 24.3 Å². The van der Waals surface area contributed by atoms with Crippen LogP contribution in [0.5, 0.6) is 5.75 Å². The van der Waals surface area contributed by atoms with E-state index in [-0.39, 0.29) is 0 Å². The summed E-state index contributed by atoms with van der Waals surface area (Å²) < 4.78 is 11.9. The van der Waals surface area contributed by atoms with E-state index in [0.717, 1.165) is 10.2 Å². The van der Waals surface area contributed by atoms with Gasteiger partial charge >= 0.3 is 0 Å². The number of benzene rings is 2. The molecule has 0 aliphatic rings. The molecule has 3 aromatic rings. The summed E-state index contributed by atoms with van der Waals surface area (Å²) in [4.78, 5) is 4.35. The number of aromatic nitrogens is 1. The molecule has 20 heavy (non-hydrogen) atoms. The summed E-state index contributed by atoms with van der Waals surface area (Å²) in [5.41, 5.74) is 2.09. The lowest BCUT2D eigenvalue weighted by Crippen LogP contribution is -1.89. The number of ether oxygens (including phenoxy) is 1. The molecule has 1 N–H and O–H groups in total. The number of methoxy groups -OCH3 is 1. The van der Waals surface area contributed by atoms with Gasteiger partial charge in [0.05, 0.1) is 7.11 Å². The third-order valence-corrected chi connectivity index (χ3v) is 3.48. The van der Waals surface area contributed by atoms with Crippen LogP contribution in [0.3, 0.4) is 0 Å². The van der Waals surface area contributed by atoms with Crippen molar-refractivity contribution < 1.29 is 9.15 Å². The van der Waals surface area contributed by atoms with Crippen LogP contribution >= 0.6 is 27.5 Å². The molecule has 4 nitrogen and oxygen atoms in total. The Morgan fingerprint density at radius 2 is 2.00 bits per heavy atom. The maximum Gasteiger partial charge on any atom is 0.300 e. The first kappa shape index (κ1) is 13.3. The van der Waals surface area contributed by atoms with Gasteiger partial charge < -0.3 is 14.5 Å². The Balaban J connectivity index is 1.98. The van der Waals surface area contributed by atoms with Crippen LogP contribution < -0.4 is 10.1 Å². The monoisotopic (exact) mass is 352 g/mol. The van der Waals surface area contributed by atoms with E-state index in [4.69, 9.17) is 20.8 Å². The number of fused-ring (bicyclic) bond motifs is 1. The molecule has 1 heterocycles. The van der Waals surface area contributed by atoms with Crippen molar-refractivity contribution in [1.29, 1.82) is 0 Å². The van der Waals surface area contributed by atoms with Crippen molar-refractivity contribution in [3.63, 3.8) is 0 Å². The van der Waals surface area contributed by atoms with Gasteiger partial charge in [-0.05, 0) is 30.3 Å². The predicted octanol–water partition coefficient (Wildman–Crippen LogP) is 5.00. The number of hydrogen-bond acceptors (Lipinski definition) is 4. The molecule has 0 unspecified atom stereocenters. The second-order valence-electron chi connectivity index (χ2n) is 4.11. The summed E-state index contributed by atoms with van der Waals surface area (Å²) >= 11 is 9.39. The van der Waals surface area contributed by atoms with E-state index in [0.29, 0.717) is 27.9 Å². The number of anilines is 2. The lowest BCUT2D eigenvalue weighted by Gasteiger charge is -2.01. The Kier molecular flexibility index (Phi) is 3.54. The van der Waals surface area contributed by atoms with Crippen molar-refractivity contribution in [3.8, 4) is 5.75 Å². The number of rotatable bonds is 3. The van der Waals surface area contributed by atoms with Gasteiger partial charge in [-0.2, -0.15) is 4.98 Å². The SMILES string of the molecule is COc1cc(Cl)cc2nc(Nc3ccc(Br)cc3)oc12. The molecule has 102 valence electrons. The van der Waals surface area contributed by atoms with E-state index < -0.39 is 0 Å². The van der Waals surface area contributed by atoms with Crippen LogP contribution in [0.1, 0.15) is 0 Å². The van der Waals surface area contributed by atoms with Crippen molar-refractivity contribution in [2.75, 3.05) is 12.4 Å². The maximum atomic E-state index is 6.00. The summed E-state index contributed by atoms with van der Waals surface area (Å²) in [7, 11) is 1.56. The summed E-state index contributed by atoms with van der Waals surface area (Å²) in [5, 5.41) is 3.65. The summed E-state index contributed by atoms with van der Waals surface area (Å²) in [6.07, 6.45) is 0. The fraction of sp³-hybridized carbons (Fsp3) is 0.0714. The minimum Gasteiger partial charge on any atom is -0.493 e. The van der Waals surface area contributed by atoms with Gasteiger partial charge in [0.1, 0.15) is 5.52 Å². The third-order valence-electron chi connectivity index (χ3n) is 2.74. The number of halogens is 2. The molecule has 0 saturated heterocycles. The lowest BCUT2D eigenvalue weighted by atomic mass is 10.3. The second kappa shape index (κ2) is 5.34. The number of nitrogens with one attached hydrogen (secondary N) is 1. The zero-order valence-electron chi connectivity index (χ0n) is 10.5. The van der Waals surface area contributed by atoms with Gasteiger partial charge in [-0.1, -0.05) is 27.5 Å². The average Bonchev–Trinajstić information content (AvgIpc) is 2.82. The molecule has 6 heteroatoms. The zero-order chi connectivity index (χ0) is 14.1. The molecule has 2 aromatic carbocycles. The van der Waals surface area contributed by atoms with Crippen molar-refractivity contribution in [3.05, 3.63) is 45.9 Å². The van der Waals surface area contributed by atoms with Crippen LogP contribution in [0.15, 0.2) is 45.3 Å². The van der Waals surface area contributed by atoms with Crippen LogP contribution in [-0.4, -0.2) is 12.1 Å². The number of hydrogen-bond donors (Lipinski definition) is 1. The Morgan fingerprint density at radius 3 is 2.70 bits per heavy atom. The van der Waals surface area contributed by atoms with Gasteiger partial charge in [0.25, 0.3) is 6.01 Å². The van der Waals surface area contributed by atoms with Crippen molar-refractivity contribution >= 4 is 50.3 Å². The zero-order valence-corrected chi connectivity index (χ0v) is 12.8. The molecule has 0 radical (unpaired) electrons. The Hall–Kier alpha value is -1.72. The van der Waals surface area contributed by atoms with Gasteiger partial charge in [-0.15, -0.1) is 0 Å². The fourth-order valence-electron chi connectivity index (χ4n) is 1.83. The molecule has 0 amide bonds. The van der Waals surface area contributed by atoms with Gasteiger partial charge in [0, 0.05) is 21.2 Å². The first-order chi connectivity index (χ1) is 9.65. The molecule has 1 aromatic heterocycles. The fourth-order valence-corrected chi connectivity index (χ4v) is 2.30. The lowest BCUT2D eigenvalue weighted by molar-refractivity contribution is 0.411. The highest BCUT2D eigenvalue weighted by Crippen LogP contribution is 2.32. The quantitative estimate of drug-likeness (QED) is 0.720. The van der Waals surface area contributed by atoms with E-state index in [1.54, 1.807) is 19.2 Å². The molecule has 0 atom stereocenters. The minimum atomic E-state index is 0.392. The van der Waals surface area contributed by atoms with Crippen LogP contribution in [0, 0.1) is 0 Å². The molecule has 0 spiro atoms. The molecule has 0 aliphatic heterocycles. The highest BCUT2D eigenvalue weighted by atomic mass is 79.9. The molecule has 0 aliphatic carbocycles. The van der Waals surface area contributed by atoms with Crippen molar-refractivity contribution in [2.24, 2.45) is 0 Å². The van der Waals surface area contributed by atoms with E-state index in [9.17, 15) is 0 Å². The highest BCUT2D eigenvalue weighted by Gasteiger charge is 2.12. The summed E-state index contributed by atoms with van der Waals surface area (Å²) in [6, 6.07) is 11.5. The largest absolute Gasteiger partial charge is 0.493 e. The van der Waals surface area contributed by atoms with Crippen LogP contribution in [-0.2, 0) is 0 Å². The standard InChI is InChI=1S/C14H10BrClN2O2/c1-19-12-7-9(16)6-11-13(12)20-14(18-11)17-10-4-2-8(15)3-5-10/h2-7H,1H3,(H,17,18). The predicted molar refractivity (Wildman–Crippen MR) is 83.0 cm³/mol. The van der Waals surface area contributed by atoms with Gasteiger partial charge in [-0.3, -0.25) is 0 Å². The first-order valence-electron chi connectivity index (χ1n) is 5.82. The number of nitrogens with zero attached hydrogens (tertiary/aromatic N) is 1. The minimum absolute atomic E-state index is 0.392. The van der Waals surface area contributed by atoms with Gasteiger partial charge in [0.2, 0.25) is 0 Å². The molecule has 0 bridgehead atoms. The molecule has 0 fully saturated rings. The van der Waals surface area contributed by atoms with Crippen molar-refractivity contribution in [2.45, 2.75) is 0 Å². The summed E-state index contributed by atoms with van der Waals surface area (Å²) in [6.45, 7) is 0. The topological polar surface area (TPSA) is 47.3 Å². The number of oxazole rings is 1. The van der Waals surface area contributed by atoms with Crippen LogP contribution in [0.4, 0.5) is 11.7 Å². The van der Waals surface area contributed by atoms with E-state index >= 15 is 0 Å². The Labute approximate surface area is 128 Å². The van der Waals surface area contributed by atoms with Crippen LogP contribution in [0.25, 0.3) is 11.1 Å². The van der Waals surface area contributed by atoms with E-state index in [2.05, 4.69) is 26.2 Å². The van der Waals surface area contributed by atoms with Gasteiger partial charge in [0.15, 0.2) is 11.3 Å². The molecular weight excluding hydrogens is 344 g/mol. The molecule has 0 saturated carbocycles. The van der Waals surface area contributed by atoms with Gasteiger partial charge in [-0.25, -0.2) is 0 Å². The first-order valence-corrected chi connectivity index (χ1v) is 6.99. The van der Waals surface area contributed by atoms with E-state index in [1.165, 1.54) is 0 Å². The third kappa shape index (κ3) is 2.59. The van der Waals surface area contributed by atoms with Crippen LogP contribution in [0.2, 0.25) is 5.02 Å². The Morgan fingerprint density at radius 1 is 1.25 bits per heavy atom. The summed E-state index contributed by atoms with van der Waals surface area (Å²) in [5.74, 6) is 0.559. The highest BCUT2D eigenvalue weighted by molar-refractivity contribution is 9.10. The average molecular weight is 354 g/mol. The molecule has 3 rings (SSSR count).